The molecule has 1 amide bonds. The van der Waals surface area contributed by atoms with Crippen molar-refractivity contribution in [1.29, 1.82) is 0 Å². The number of hydrogen-bond acceptors (Lipinski definition) is 8. The predicted molar refractivity (Wildman–Crippen MR) is 134 cm³/mol. The Balaban J connectivity index is 1.94. The smallest absolute Gasteiger partial charge is 0.247 e. The van der Waals surface area contributed by atoms with E-state index in [-0.39, 0.29) is 27.6 Å². The third kappa shape index (κ3) is 5.64. The molecule has 3 N–H and O–H groups in total. The fourth-order valence-electron chi connectivity index (χ4n) is 2.91. The number of halogens is 1. The van der Waals surface area contributed by atoms with E-state index >= 15 is 0 Å². The number of amides is 1. The molecule has 1 heterocycles. The van der Waals surface area contributed by atoms with Crippen LogP contribution in [0.4, 0.5) is 28.8 Å². The lowest BCUT2D eigenvalue weighted by molar-refractivity contribution is -0.111. The number of anilines is 5. The largest absolute Gasteiger partial charge is 0.495 e. The van der Waals surface area contributed by atoms with Crippen molar-refractivity contribution in [2.45, 2.75) is 24.0 Å². The molecule has 0 unspecified atom stereocenters. The van der Waals surface area contributed by atoms with Crippen LogP contribution < -0.4 is 20.7 Å². The van der Waals surface area contributed by atoms with Crippen LogP contribution in [0.5, 0.6) is 5.75 Å². The highest BCUT2D eigenvalue weighted by Crippen LogP contribution is 2.33. The maximum absolute atomic E-state index is 12.8. The normalized spacial score (nSPS) is 11.1. The molecule has 0 saturated heterocycles. The molecule has 0 radical (unpaired) electrons. The summed E-state index contributed by atoms with van der Waals surface area (Å²) in [6.45, 7) is 6.67. The van der Waals surface area contributed by atoms with Crippen LogP contribution in [-0.4, -0.2) is 36.7 Å². The van der Waals surface area contributed by atoms with Gasteiger partial charge in [-0.15, -0.1) is 0 Å². The first-order valence-electron chi connectivity index (χ1n) is 10.2. The van der Waals surface area contributed by atoms with Crippen LogP contribution in [0.1, 0.15) is 13.8 Å². The molecule has 1 aromatic heterocycles. The third-order valence-corrected chi connectivity index (χ3v) is 7.20. The Labute approximate surface area is 203 Å². The first kappa shape index (κ1) is 25.0. The number of sulfone groups is 1. The van der Waals surface area contributed by atoms with E-state index in [1.54, 1.807) is 50.2 Å². The topological polar surface area (TPSA) is 122 Å². The van der Waals surface area contributed by atoms with Crippen LogP contribution in [0, 0.1) is 0 Å². The maximum atomic E-state index is 12.8. The molecule has 0 saturated carbocycles. The second-order valence-electron chi connectivity index (χ2n) is 7.34. The van der Waals surface area contributed by atoms with Crippen molar-refractivity contribution in [3.63, 3.8) is 0 Å². The minimum Gasteiger partial charge on any atom is -0.495 e. The minimum absolute atomic E-state index is 0.140. The number of rotatable bonds is 9. The Morgan fingerprint density at radius 3 is 2.56 bits per heavy atom. The van der Waals surface area contributed by atoms with Gasteiger partial charge in [-0.25, -0.2) is 13.4 Å². The van der Waals surface area contributed by atoms with E-state index in [0.717, 1.165) is 6.08 Å². The quantitative estimate of drug-likeness (QED) is 0.353. The fourth-order valence-corrected chi connectivity index (χ4v) is 4.25. The number of hydrogen-bond donors (Lipinski definition) is 3. The van der Waals surface area contributed by atoms with E-state index in [9.17, 15) is 13.2 Å². The lowest BCUT2D eigenvalue weighted by atomic mass is 10.2. The number of aromatic nitrogens is 2. The van der Waals surface area contributed by atoms with Gasteiger partial charge in [-0.2, -0.15) is 4.98 Å². The van der Waals surface area contributed by atoms with Crippen LogP contribution in [0.3, 0.4) is 0 Å². The zero-order chi connectivity index (χ0) is 24.9. The highest BCUT2D eigenvalue weighted by Gasteiger charge is 2.23. The summed E-state index contributed by atoms with van der Waals surface area (Å²) in [6.07, 6.45) is 2.55. The molecule has 0 atom stereocenters. The molecule has 178 valence electrons. The molecule has 34 heavy (non-hydrogen) atoms. The summed E-state index contributed by atoms with van der Waals surface area (Å²) in [6, 6.07) is 11.5. The summed E-state index contributed by atoms with van der Waals surface area (Å²) in [7, 11) is -2.04. The molecule has 2 aromatic carbocycles. The van der Waals surface area contributed by atoms with E-state index in [1.807, 2.05) is 0 Å². The molecule has 3 rings (SSSR count). The van der Waals surface area contributed by atoms with Crippen LogP contribution in [0.2, 0.25) is 5.02 Å². The number of benzene rings is 2. The van der Waals surface area contributed by atoms with Crippen LogP contribution >= 0.6 is 11.6 Å². The van der Waals surface area contributed by atoms with Crippen molar-refractivity contribution in [3.05, 3.63) is 66.3 Å². The van der Waals surface area contributed by atoms with Gasteiger partial charge >= 0.3 is 0 Å². The number of nitrogens with zero attached hydrogens (tertiary/aromatic N) is 2. The lowest BCUT2D eigenvalue weighted by Crippen LogP contribution is -2.15. The second kappa shape index (κ2) is 10.5. The Bertz CT molecular complexity index is 1330. The SMILES string of the molecule is C=CC(=O)Nc1ccc(OC)c(Nc2ncc(Cl)c(Nc3ccccc3S(=O)(=O)C(C)C)n2)c1. The summed E-state index contributed by atoms with van der Waals surface area (Å²) in [4.78, 5) is 20.3. The molecule has 0 fully saturated rings. The van der Waals surface area contributed by atoms with Gasteiger partial charge in [0.1, 0.15) is 10.8 Å². The first-order chi connectivity index (χ1) is 16.1. The van der Waals surface area contributed by atoms with Crippen molar-refractivity contribution in [3.8, 4) is 5.75 Å². The molecular weight excluding hydrogens is 478 g/mol. The lowest BCUT2D eigenvalue weighted by Gasteiger charge is -2.16. The molecular formula is C23H24ClN5O4S. The molecule has 0 aliphatic rings. The van der Waals surface area contributed by atoms with Crippen LogP contribution in [-0.2, 0) is 14.6 Å². The summed E-state index contributed by atoms with van der Waals surface area (Å²) in [5.74, 6) is 0.501. The van der Waals surface area contributed by atoms with E-state index in [4.69, 9.17) is 16.3 Å². The number of carbonyl (C=O) groups is 1. The Morgan fingerprint density at radius 2 is 1.88 bits per heavy atom. The monoisotopic (exact) mass is 501 g/mol. The fraction of sp³-hybridized carbons (Fsp3) is 0.174. The van der Waals surface area contributed by atoms with Gasteiger partial charge < -0.3 is 20.7 Å². The Kier molecular flexibility index (Phi) is 7.75. The second-order valence-corrected chi connectivity index (χ2v) is 10.2. The van der Waals surface area contributed by atoms with Gasteiger partial charge in [0.05, 0.1) is 34.8 Å². The van der Waals surface area contributed by atoms with Gasteiger partial charge in [0.15, 0.2) is 15.7 Å². The van der Waals surface area contributed by atoms with Crippen molar-refractivity contribution in [1.82, 2.24) is 9.97 Å². The van der Waals surface area contributed by atoms with Crippen LogP contribution in [0.25, 0.3) is 0 Å². The van der Waals surface area contributed by atoms with Crippen molar-refractivity contribution in [2.24, 2.45) is 0 Å². The predicted octanol–water partition coefficient (Wildman–Crippen LogP) is 4.93. The molecule has 0 aliphatic carbocycles. The summed E-state index contributed by atoms with van der Waals surface area (Å²) < 4.78 is 30.9. The number of para-hydroxylation sites is 1. The van der Waals surface area contributed by atoms with Crippen molar-refractivity contribution < 1.29 is 17.9 Å². The average molecular weight is 502 g/mol. The van der Waals surface area contributed by atoms with Gasteiger partial charge in [-0.3, -0.25) is 4.79 Å². The number of ether oxygens (including phenoxy) is 1. The minimum atomic E-state index is -3.55. The van der Waals surface area contributed by atoms with Crippen molar-refractivity contribution >= 4 is 56.2 Å². The van der Waals surface area contributed by atoms with E-state index < -0.39 is 15.1 Å². The van der Waals surface area contributed by atoms with E-state index in [2.05, 4.69) is 32.5 Å². The molecule has 9 nitrogen and oxygen atoms in total. The number of methoxy groups -OCH3 is 1. The zero-order valence-electron chi connectivity index (χ0n) is 18.8. The Hall–Kier alpha value is -3.63. The molecule has 0 bridgehead atoms. The standard InChI is InChI=1S/C23H24ClN5O4S/c1-5-21(30)26-15-10-11-19(33-4)18(12-15)28-23-25-13-16(24)22(29-23)27-17-8-6-7-9-20(17)34(31,32)14(2)3/h5-14H,1H2,2-4H3,(H,26,30)(H2,25,27,28,29). The molecule has 11 heteroatoms. The highest BCUT2D eigenvalue weighted by atomic mass is 35.5. The Morgan fingerprint density at radius 1 is 1.15 bits per heavy atom. The van der Waals surface area contributed by atoms with Crippen molar-refractivity contribution in [2.75, 3.05) is 23.1 Å². The van der Waals surface area contributed by atoms with E-state index in [1.165, 1.54) is 19.4 Å². The summed E-state index contributed by atoms with van der Waals surface area (Å²) >= 11 is 6.29. The average Bonchev–Trinajstić information content (AvgIpc) is 2.81. The molecule has 0 spiro atoms. The van der Waals surface area contributed by atoms with Gasteiger partial charge in [0, 0.05) is 5.69 Å². The number of carbonyl (C=O) groups excluding carboxylic acids is 1. The zero-order valence-corrected chi connectivity index (χ0v) is 20.4. The van der Waals surface area contributed by atoms with Gasteiger partial charge in [-0.1, -0.05) is 30.3 Å². The molecule has 3 aromatic rings. The van der Waals surface area contributed by atoms with Crippen LogP contribution in [0.15, 0.2) is 66.2 Å². The molecule has 0 aliphatic heterocycles. The van der Waals surface area contributed by atoms with Gasteiger partial charge in [0.2, 0.25) is 11.9 Å². The third-order valence-electron chi connectivity index (χ3n) is 4.71. The van der Waals surface area contributed by atoms with Gasteiger partial charge in [0.25, 0.3) is 0 Å². The van der Waals surface area contributed by atoms with Gasteiger partial charge in [-0.05, 0) is 50.3 Å². The highest BCUT2D eigenvalue weighted by molar-refractivity contribution is 7.92. The number of nitrogens with one attached hydrogen (secondary N) is 3. The first-order valence-corrected chi connectivity index (χ1v) is 12.1. The van der Waals surface area contributed by atoms with E-state index in [0.29, 0.717) is 22.8 Å². The summed E-state index contributed by atoms with van der Waals surface area (Å²) in [5.41, 5.74) is 1.34. The maximum Gasteiger partial charge on any atom is 0.247 e. The summed E-state index contributed by atoms with van der Waals surface area (Å²) in [5, 5.41) is 8.29.